The molecule has 1 saturated carbocycles. The first-order valence-corrected chi connectivity index (χ1v) is 4.79. The number of nitrogens with two attached hydrogens (primary N) is 2. The maximum atomic E-state index is 9.07. The summed E-state index contributed by atoms with van der Waals surface area (Å²) in [6.07, 6.45) is 4.49. The third kappa shape index (κ3) is 3.81. The molecular formula is C10H21N3O. The van der Waals surface area contributed by atoms with Crippen LogP contribution in [0.3, 0.4) is 0 Å². The molecule has 4 heteroatoms. The van der Waals surface area contributed by atoms with Crippen LogP contribution in [0.1, 0.15) is 26.2 Å². The van der Waals surface area contributed by atoms with Gasteiger partial charge in [-0.3, -0.25) is 0 Å². The lowest BCUT2D eigenvalue weighted by molar-refractivity contribution is 0.177. The largest absolute Gasteiger partial charge is 0.399 e. The van der Waals surface area contributed by atoms with E-state index in [0.29, 0.717) is 11.7 Å². The molecule has 0 heterocycles. The average molecular weight is 199 g/mol. The van der Waals surface area contributed by atoms with Crippen LogP contribution in [0.4, 0.5) is 0 Å². The standard InChI is InChI=1S/C8H17N3O.C2H4/c1-6(12)8(9)5-11(10)7-3-2-4-7;1-2/h5-7,12H,2-4,9-10H2,1H3;1-2H2/b8-5-;. The van der Waals surface area contributed by atoms with Crippen LogP contribution in [0.5, 0.6) is 0 Å². The Morgan fingerprint density at radius 3 is 2.36 bits per heavy atom. The number of rotatable bonds is 3. The lowest BCUT2D eigenvalue weighted by Gasteiger charge is -2.33. The fourth-order valence-corrected chi connectivity index (χ4v) is 1.07. The minimum absolute atomic E-state index is 0.419. The van der Waals surface area contributed by atoms with Gasteiger partial charge in [0, 0.05) is 12.2 Å². The SMILES string of the molecule is C=C.CC(O)/C(N)=C/N(N)C1CCC1. The quantitative estimate of drug-likeness (QED) is 0.355. The van der Waals surface area contributed by atoms with Crippen LogP contribution in [0, 0.1) is 0 Å². The van der Waals surface area contributed by atoms with Crippen LogP contribution in [-0.2, 0) is 0 Å². The Morgan fingerprint density at radius 2 is 2.07 bits per heavy atom. The second-order valence-electron chi connectivity index (χ2n) is 3.34. The highest BCUT2D eigenvalue weighted by Crippen LogP contribution is 2.22. The van der Waals surface area contributed by atoms with Gasteiger partial charge in [0.05, 0.1) is 11.8 Å². The van der Waals surface area contributed by atoms with Crippen molar-refractivity contribution in [2.75, 3.05) is 0 Å². The van der Waals surface area contributed by atoms with Crippen molar-refractivity contribution in [3.05, 3.63) is 25.1 Å². The minimum atomic E-state index is -0.615. The molecule has 14 heavy (non-hydrogen) atoms. The Hall–Kier alpha value is -1.00. The summed E-state index contributed by atoms with van der Waals surface area (Å²) in [5.74, 6) is 5.68. The molecule has 0 aromatic carbocycles. The molecule has 0 amide bonds. The summed E-state index contributed by atoms with van der Waals surface area (Å²) in [5, 5.41) is 10.7. The first-order valence-electron chi connectivity index (χ1n) is 4.79. The summed E-state index contributed by atoms with van der Waals surface area (Å²) in [6.45, 7) is 7.63. The van der Waals surface area contributed by atoms with Gasteiger partial charge in [-0.05, 0) is 26.2 Å². The first kappa shape index (κ1) is 13.0. The summed E-state index contributed by atoms with van der Waals surface area (Å²) < 4.78 is 0. The Balaban J connectivity index is 0.000000791. The molecule has 1 unspecified atom stereocenters. The maximum absolute atomic E-state index is 9.07. The molecule has 0 saturated heterocycles. The van der Waals surface area contributed by atoms with Crippen molar-refractivity contribution in [1.29, 1.82) is 0 Å². The Labute approximate surface area is 85.8 Å². The van der Waals surface area contributed by atoms with Crippen molar-refractivity contribution < 1.29 is 5.11 Å². The lowest BCUT2D eigenvalue weighted by Crippen LogP contribution is -2.42. The van der Waals surface area contributed by atoms with Gasteiger partial charge in [-0.25, -0.2) is 5.84 Å². The van der Waals surface area contributed by atoms with Crippen LogP contribution >= 0.6 is 0 Å². The van der Waals surface area contributed by atoms with Gasteiger partial charge in [0.2, 0.25) is 0 Å². The van der Waals surface area contributed by atoms with E-state index in [9.17, 15) is 0 Å². The second-order valence-corrected chi connectivity index (χ2v) is 3.34. The number of aliphatic hydroxyl groups excluding tert-OH is 1. The smallest absolute Gasteiger partial charge is 0.0919 e. The predicted molar refractivity (Wildman–Crippen MR) is 58.9 cm³/mol. The molecule has 1 aliphatic carbocycles. The normalized spacial score (nSPS) is 18.9. The fourth-order valence-electron chi connectivity index (χ4n) is 1.07. The highest BCUT2D eigenvalue weighted by molar-refractivity contribution is 5.01. The summed E-state index contributed by atoms with van der Waals surface area (Å²) >= 11 is 0. The summed E-state index contributed by atoms with van der Waals surface area (Å²) in [5.41, 5.74) is 5.94. The molecule has 1 fully saturated rings. The number of hydrogen-bond donors (Lipinski definition) is 3. The Kier molecular flexibility index (Phi) is 5.99. The lowest BCUT2D eigenvalue weighted by atomic mass is 9.93. The minimum Gasteiger partial charge on any atom is -0.399 e. The van der Waals surface area contributed by atoms with Gasteiger partial charge >= 0.3 is 0 Å². The zero-order chi connectivity index (χ0) is 11.1. The van der Waals surface area contributed by atoms with E-state index in [1.807, 2.05) is 0 Å². The molecule has 0 aromatic heterocycles. The highest BCUT2D eigenvalue weighted by atomic mass is 16.3. The van der Waals surface area contributed by atoms with Crippen molar-refractivity contribution in [3.8, 4) is 0 Å². The molecule has 0 aromatic rings. The number of aliphatic hydroxyl groups is 1. The van der Waals surface area contributed by atoms with E-state index in [1.165, 1.54) is 6.42 Å². The molecule has 5 N–H and O–H groups in total. The van der Waals surface area contributed by atoms with E-state index in [2.05, 4.69) is 13.2 Å². The van der Waals surface area contributed by atoms with Crippen LogP contribution in [0.2, 0.25) is 0 Å². The molecule has 0 spiro atoms. The summed E-state index contributed by atoms with van der Waals surface area (Å²) in [6, 6.07) is 0.419. The van der Waals surface area contributed by atoms with Crippen LogP contribution in [0.25, 0.3) is 0 Å². The van der Waals surface area contributed by atoms with E-state index in [1.54, 1.807) is 18.1 Å². The second kappa shape index (κ2) is 6.45. The topological polar surface area (TPSA) is 75.5 Å². The maximum Gasteiger partial charge on any atom is 0.0919 e. The van der Waals surface area contributed by atoms with Crippen molar-refractivity contribution in [3.63, 3.8) is 0 Å². The molecule has 82 valence electrons. The molecule has 0 bridgehead atoms. The van der Waals surface area contributed by atoms with Gasteiger partial charge in [-0.15, -0.1) is 13.2 Å². The molecule has 4 nitrogen and oxygen atoms in total. The Bertz CT molecular complexity index is 188. The predicted octanol–water partition coefficient (Wildman–Crippen LogP) is 0.698. The van der Waals surface area contributed by atoms with E-state index >= 15 is 0 Å². The molecule has 1 rings (SSSR count). The monoisotopic (exact) mass is 199 g/mol. The molecule has 1 aliphatic rings. The summed E-state index contributed by atoms with van der Waals surface area (Å²) in [4.78, 5) is 0. The van der Waals surface area contributed by atoms with Gasteiger partial charge in [-0.2, -0.15) is 0 Å². The highest BCUT2D eigenvalue weighted by Gasteiger charge is 2.21. The van der Waals surface area contributed by atoms with Crippen LogP contribution in [0.15, 0.2) is 25.1 Å². The van der Waals surface area contributed by atoms with Gasteiger partial charge in [-0.1, -0.05) is 0 Å². The number of hydrogen-bond acceptors (Lipinski definition) is 4. The third-order valence-electron chi connectivity index (χ3n) is 2.28. The van der Waals surface area contributed by atoms with E-state index < -0.39 is 6.10 Å². The number of nitrogens with zero attached hydrogens (tertiary/aromatic N) is 1. The number of hydrazine groups is 1. The van der Waals surface area contributed by atoms with Gasteiger partial charge < -0.3 is 15.8 Å². The Morgan fingerprint density at radius 1 is 1.57 bits per heavy atom. The van der Waals surface area contributed by atoms with E-state index in [-0.39, 0.29) is 0 Å². The molecule has 0 radical (unpaired) electrons. The van der Waals surface area contributed by atoms with Crippen molar-refractivity contribution in [2.45, 2.75) is 38.3 Å². The van der Waals surface area contributed by atoms with Crippen molar-refractivity contribution >= 4 is 0 Å². The van der Waals surface area contributed by atoms with Gasteiger partial charge in [0.25, 0.3) is 0 Å². The van der Waals surface area contributed by atoms with Gasteiger partial charge in [0.1, 0.15) is 0 Å². The van der Waals surface area contributed by atoms with Crippen molar-refractivity contribution in [1.82, 2.24) is 5.01 Å². The van der Waals surface area contributed by atoms with Crippen molar-refractivity contribution in [2.24, 2.45) is 11.6 Å². The third-order valence-corrected chi connectivity index (χ3v) is 2.28. The van der Waals surface area contributed by atoms with E-state index in [4.69, 9.17) is 16.7 Å². The fraction of sp³-hybridized carbons (Fsp3) is 0.600. The van der Waals surface area contributed by atoms with Crippen LogP contribution in [-0.4, -0.2) is 22.3 Å². The van der Waals surface area contributed by atoms with Crippen LogP contribution < -0.4 is 11.6 Å². The zero-order valence-electron chi connectivity index (χ0n) is 8.82. The average Bonchev–Trinajstić information content (AvgIpc) is 2.04. The first-order chi connectivity index (χ1) is 6.61. The summed E-state index contributed by atoms with van der Waals surface area (Å²) in [7, 11) is 0. The molecule has 1 atom stereocenters. The zero-order valence-corrected chi connectivity index (χ0v) is 8.82. The van der Waals surface area contributed by atoms with Gasteiger partial charge in [0.15, 0.2) is 0 Å². The molecule has 0 aliphatic heterocycles. The van der Waals surface area contributed by atoms with E-state index in [0.717, 1.165) is 12.8 Å². The molecular weight excluding hydrogens is 178 g/mol.